The molecule has 5 nitrogen and oxygen atoms in total. The summed E-state index contributed by atoms with van der Waals surface area (Å²) in [5.41, 5.74) is 1.26. The van der Waals surface area contributed by atoms with Crippen LogP contribution in [-0.2, 0) is 16.1 Å². The molecule has 2 aliphatic rings. The maximum absolute atomic E-state index is 12.1. The highest BCUT2D eigenvalue weighted by molar-refractivity contribution is 5.76. The van der Waals surface area contributed by atoms with Crippen molar-refractivity contribution in [3.8, 4) is 5.75 Å². The summed E-state index contributed by atoms with van der Waals surface area (Å²) in [6.45, 7) is 3.39. The quantitative estimate of drug-likeness (QED) is 0.792. The number of carbonyl (C=O) groups excluding carboxylic acids is 1. The molecule has 1 aromatic carbocycles. The van der Waals surface area contributed by atoms with Gasteiger partial charge in [-0.15, -0.1) is 0 Å². The van der Waals surface area contributed by atoms with Gasteiger partial charge in [0.1, 0.15) is 5.75 Å². The van der Waals surface area contributed by atoms with Gasteiger partial charge in [-0.1, -0.05) is 12.1 Å². The van der Waals surface area contributed by atoms with E-state index in [1.54, 1.807) is 14.2 Å². The molecule has 3 rings (SSSR count). The fourth-order valence-corrected chi connectivity index (χ4v) is 3.70. The molecule has 1 heterocycles. The smallest absolute Gasteiger partial charge is 0.222 e. The van der Waals surface area contributed by atoms with Crippen LogP contribution in [0.1, 0.15) is 24.8 Å². The Morgan fingerprint density at radius 1 is 1.29 bits per heavy atom. The second-order valence-electron chi connectivity index (χ2n) is 6.96. The normalized spacial score (nSPS) is 24.1. The van der Waals surface area contributed by atoms with Gasteiger partial charge >= 0.3 is 0 Å². The predicted molar refractivity (Wildman–Crippen MR) is 92.9 cm³/mol. The largest absolute Gasteiger partial charge is 0.497 e. The molecule has 1 saturated carbocycles. The number of amides is 1. The standard InChI is InChI=1S/C19H28N2O3/c1-23-9-8-19(22)20-18-13-21(12-17(18)15-6-7-15)11-14-4-3-5-16(10-14)24-2/h3-5,10,15,17-18H,6-9,11-13H2,1-2H3,(H,20,22)/t17-,18+/m1/s1. The fourth-order valence-electron chi connectivity index (χ4n) is 3.70. The first kappa shape index (κ1) is 17.2. The third-order valence-corrected chi connectivity index (χ3v) is 5.09. The van der Waals surface area contributed by atoms with Crippen LogP contribution in [0.5, 0.6) is 5.75 Å². The number of benzene rings is 1. The van der Waals surface area contributed by atoms with Crippen molar-refractivity contribution < 1.29 is 14.3 Å². The van der Waals surface area contributed by atoms with Crippen LogP contribution < -0.4 is 10.1 Å². The second kappa shape index (κ2) is 7.99. The van der Waals surface area contributed by atoms with Gasteiger partial charge in [0.2, 0.25) is 5.91 Å². The van der Waals surface area contributed by atoms with Crippen molar-refractivity contribution in [2.75, 3.05) is 33.9 Å². The lowest BCUT2D eigenvalue weighted by Gasteiger charge is -2.19. The van der Waals surface area contributed by atoms with Gasteiger partial charge in [-0.3, -0.25) is 9.69 Å². The van der Waals surface area contributed by atoms with Crippen LogP contribution in [0.2, 0.25) is 0 Å². The van der Waals surface area contributed by atoms with E-state index in [1.807, 2.05) is 12.1 Å². The van der Waals surface area contributed by atoms with Crippen LogP contribution in [0.4, 0.5) is 0 Å². The zero-order valence-electron chi connectivity index (χ0n) is 14.7. The zero-order valence-corrected chi connectivity index (χ0v) is 14.7. The number of methoxy groups -OCH3 is 2. The first-order valence-electron chi connectivity index (χ1n) is 8.83. The number of hydrogen-bond donors (Lipinski definition) is 1. The minimum Gasteiger partial charge on any atom is -0.497 e. The molecule has 1 aromatic rings. The van der Waals surface area contributed by atoms with E-state index in [9.17, 15) is 4.79 Å². The van der Waals surface area contributed by atoms with Crippen LogP contribution in [0.15, 0.2) is 24.3 Å². The van der Waals surface area contributed by atoms with Crippen LogP contribution in [0, 0.1) is 11.8 Å². The van der Waals surface area contributed by atoms with Crippen molar-refractivity contribution >= 4 is 5.91 Å². The van der Waals surface area contributed by atoms with E-state index >= 15 is 0 Å². The number of rotatable bonds is 8. The molecule has 24 heavy (non-hydrogen) atoms. The molecule has 2 atom stereocenters. The average molecular weight is 332 g/mol. The van der Waals surface area contributed by atoms with Crippen molar-refractivity contribution in [2.45, 2.75) is 31.8 Å². The molecule has 1 aliphatic heterocycles. The van der Waals surface area contributed by atoms with E-state index in [4.69, 9.17) is 9.47 Å². The summed E-state index contributed by atoms with van der Waals surface area (Å²) in [7, 11) is 3.33. The molecule has 2 fully saturated rings. The maximum Gasteiger partial charge on any atom is 0.222 e. The van der Waals surface area contributed by atoms with Crippen molar-refractivity contribution in [3.63, 3.8) is 0 Å². The van der Waals surface area contributed by atoms with Gasteiger partial charge in [0.15, 0.2) is 0 Å². The highest BCUT2D eigenvalue weighted by Gasteiger charge is 2.42. The number of likely N-dealkylation sites (tertiary alicyclic amines) is 1. The third kappa shape index (κ3) is 4.48. The summed E-state index contributed by atoms with van der Waals surface area (Å²) in [5, 5.41) is 3.24. The van der Waals surface area contributed by atoms with Gasteiger partial charge in [0.05, 0.1) is 13.7 Å². The minimum atomic E-state index is 0.107. The molecule has 0 unspecified atom stereocenters. The SMILES string of the molecule is COCCC(=O)N[C@H]1CN(Cc2cccc(OC)c2)C[C@@H]1C1CC1. The molecule has 0 spiro atoms. The Balaban J connectivity index is 1.58. The second-order valence-corrected chi connectivity index (χ2v) is 6.96. The molecule has 0 radical (unpaired) electrons. The summed E-state index contributed by atoms with van der Waals surface area (Å²) in [5.74, 6) is 2.38. The summed E-state index contributed by atoms with van der Waals surface area (Å²) in [4.78, 5) is 14.5. The molecule has 1 amide bonds. The first-order chi connectivity index (χ1) is 11.7. The summed E-state index contributed by atoms with van der Waals surface area (Å²) < 4.78 is 10.3. The van der Waals surface area contributed by atoms with E-state index in [0.717, 1.165) is 31.3 Å². The van der Waals surface area contributed by atoms with Crippen LogP contribution in [0.25, 0.3) is 0 Å². The Morgan fingerprint density at radius 2 is 2.12 bits per heavy atom. The summed E-state index contributed by atoms with van der Waals surface area (Å²) in [6.07, 6.45) is 3.06. The van der Waals surface area contributed by atoms with Crippen molar-refractivity contribution in [2.24, 2.45) is 11.8 Å². The highest BCUT2D eigenvalue weighted by atomic mass is 16.5. The lowest BCUT2D eigenvalue weighted by Crippen LogP contribution is -2.41. The van der Waals surface area contributed by atoms with E-state index in [1.165, 1.54) is 18.4 Å². The molecular weight excluding hydrogens is 304 g/mol. The molecule has 0 bridgehead atoms. The Kier molecular flexibility index (Phi) is 5.74. The van der Waals surface area contributed by atoms with E-state index in [0.29, 0.717) is 18.9 Å². The maximum atomic E-state index is 12.1. The van der Waals surface area contributed by atoms with Gasteiger partial charge in [0, 0.05) is 39.2 Å². The van der Waals surface area contributed by atoms with Gasteiger partial charge in [-0.25, -0.2) is 0 Å². The third-order valence-electron chi connectivity index (χ3n) is 5.09. The number of hydrogen-bond acceptors (Lipinski definition) is 4. The topological polar surface area (TPSA) is 50.8 Å². The lowest BCUT2D eigenvalue weighted by atomic mass is 9.98. The van der Waals surface area contributed by atoms with E-state index in [2.05, 4.69) is 22.3 Å². The molecule has 5 heteroatoms. The van der Waals surface area contributed by atoms with Crippen molar-refractivity contribution in [1.29, 1.82) is 0 Å². The monoisotopic (exact) mass is 332 g/mol. The molecular formula is C19H28N2O3. The van der Waals surface area contributed by atoms with E-state index < -0.39 is 0 Å². The number of nitrogens with zero attached hydrogens (tertiary/aromatic N) is 1. The Hall–Kier alpha value is -1.59. The van der Waals surface area contributed by atoms with Crippen molar-refractivity contribution in [3.05, 3.63) is 29.8 Å². The summed E-state index contributed by atoms with van der Waals surface area (Å²) in [6, 6.07) is 8.51. The van der Waals surface area contributed by atoms with Crippen LogP contribution in [-0.4, -0.2) is 50.8 Å². The first-order valence-corrected chi connectivity index (χ1v) is 8.83. The summed E-state index contributed by atoms with van der Waals surface area (Å²) >= 11 is 0. The fraction of sp³-hybridized carbons (Fsp3) is 0.632. The van der Waals surface area contributed by atoms with Crippen LogP contribution in [0.3, 0.4) is 0 Å². The molecule has 1 aliphatic carbocycles. The van der Waals surface area contributed by atoms with Crippen LogP contribution >= 0.6 is 0 Å². The molecule has 1 saturated heterocycles. The molecule has 1 N–H and O–H groups in total. The van der Waals surface area contributed by atoms with Gasteiger partial charge in [-0.2, -0.15) is 0 Å². The van der Waals surface area contributed by atoms with Crippen molar-refractivity contribution in [1.82, 2.24) is 10.2 Å². The molecule has 132 valence electrons. The Bertz CT molecular complexity index is 559. The Morgan fingerprint density at radius 3 is 2.83 bits per heavy atom. The number of ether oxygens (including phenoxy) is 2. The number of carbonyl (C=O) groups is 1. The highest BCUT2D eigenvalue weighted by Crippen LogP contribution is 2.41. The minimum absolute atomic E-state index is 0.107. The molecule has 0 aromatic heterocycles. The van der Waals surface area contributed by atoms with E-state index in [-0.39, 0.29) is 11.9 Å². The Labute approximate surface area is 144 Å². The van der Waals surface area contributed by atoms with Gasteiger partial charge in [0.25, 0.3) is 0 Å². The average Bonchev–Trinajstić information content (AvgIpc) is 3.36. The zero-order chi connectivity index (χ0) is 16.9. The van der Waals surface area contributed by atoms with Gasteiger partial charge < -0.3 is 14.8 Å². The predicted octanol–water partition coefficient (Wildman–Crippen LogP) is 2.06. The van der Waals surface area contributed by atoms with Gasteiger partial charge in [-0.05, 0) is 42.4 Å². The number of nitrogens with one attached hydrogen (secondary N) is 1. The lowest BCUT2D eigenvalue weighted by molar-refractivity contribution is -0.122.